The van der Waals surface area contributed by atoms with E-state index in [9.17, 15) is 9.18 Å². The number of benzene rings is 1. The summed E-state index contributed by atoms with van der Waals surface area (Å²) in [4.78, 5) is 13.6. The van der Waals surface area contributed by atoms with Gasteiger partial charge in [-0.15, -0.1) is 0 Å². The molecule has 1 aromatic carbocycles. The minimum absolute atomic E-state index is 0.00364. The van der Waals surface area contributed by atoms with E-state index >= 15 is 0 Å². The molecule has 0 bridgehead atoms. The van der Waals surface area contributed by atoms with Crippen molar-refractivity contribution < 1.29 is 14.3 Å². The predicted octanol–water partition coefficient (Wildman–Crippen LogP) is 2.32. The third kappa shape index (κ3) is 3.02. The molecule has 1 fully saturated rings. The number of nitrogens with two attached hydrogens (primary N) is 1. The zero-order chi connectivity index (χ0) is 16.4. The van der Waals surface area contributed by atoms with Crippen LogP contribution < -0.4 is 10.6 Å². The first-order chi connectivity index (χ1) is 10.3. The van der Waals surface area contributed by atoms with Gasteiger partial charge in [-0.3, -0.25) is 0 Å². The molecule has 1 heterocycles. The number of nitriles is 1. The number of hydrogen-bond donors (Lipinski definition) is 2. The van der Waals surface area contributed by atoms with Gasteiger partial charge in [0.15, 0.2) is 0 Å². The number of nitrogens with zero attached hydrogens (tertiary/aromatic N) is 3. The molecule has 0 saturated carbocycles. The average Bonchev–Trinajstić information content (AvgIpc) is 2.49. The molecule has 3 N–H and O–H groups in total. The highest BCUT2D eigenvalue weighted by molar-refractivity contribution is 6.35. The Morgan fingerprint density at radius 3 is 2.86 bits per heavy atom. The van der Waals surface area contributed by atoms with Crippen molar-refractivity contribution in [3.63, 3.8) is 0 Å². The number of nitrogen functional groups attached to an aromatic ring is 1. The molecule has 1 saturated heterocycles. The third-order valence-electron chi connectivity index (χ3n) is 3.86. The molecule has 0 unspecified atom stereocenters. The van der Waals surface area contributed by atoms with E-state index in [-0.39, 0.29) is 17.3 Å². The van der Waals surface area contributed by atoms with Gasteiger partial charge in [0.05, 0.1) is 40.6 Å². The van der Waals surface area contributed by atoms with Crippen molar-refractivity contribution in [3.8, 4) is 6.07 Å². The number of rotatable bonds is 2. The quantitative estimate of drug-likeness (QED) is 0.813. The molecule has 0 aromatic heterocycles. The van der Waals surface area contributed by atoms with Gasteiger partial charge in [0.2, 0.25) is 0 Å². The molecule has 1 aliphatic heterocycles. The van der Waals surface area contributed by atoms with Gasteiger partial charge in [-0.2, -0.15) is 5.26 Å². The first kappa shape index (κ1) is 16.2. The Balaban J connectivity index is 2.22. The second-order valence-corrected chi connectivity index (χ2v) is 5.60. The Labute approximate surface area is 132 Å². The van der Waals surface area contributed by atoms with Crippen molar-refractivity contribution >= 4 is 29.1 Å². The predicted molar refractivity (Wildman–Crippen MR) is 81.9 cm³/mol. The van der Waals surface area contributed by atoms with Gasteiger partial charge in [0.1, 0.15) is 6.17 Å². The van der Waals surface area contributed by atoms with E-state index in [1.54, 1.807) is 11.0 Å². The van der Waals surface area contributed by atoms with Crippen molar-refractivity contribution in [2.75, 3.05) is 30.8 Å². The van der Waals surface area contributed by atoms with Crippen LogP contribution in [0.3, 0.4) is 0 Å². The number of alkyl halides is 1. The summed E-state index contributed by atoms with van der Waals surface area (Å²) in [5.74, 6) is 0. The number of anilines is 2. The Kier molecular flexibility index (Phi) is 4.62. The van der Waals surface area contributed by atoms with Crippen LogP contribution in [0.15, 0.2) is 12.1 Å². The van der Waals surface area contributed by atoms with E-state index in [0.29, 0.717) is 24.2 Å². The molecular formula is C14H16ClFN4O2. The minimum atomic E-state index is -1.35. The summed E-state index contributed by atoms with van der Waals surface area (Å²) in [5.41, 5.74) is 6.87. The first-order valence-electron chi connectivity index (χ1n) is 6.69. The van der Waals surface area contributed by atoms with Crippen LogP contribution in [-0.4, -0.2) is 48.5 Å². The lowest BCUT2D eigenvalue weighted by atomic mass is 10.0. The molecule has 8 heteroatoms. The number of piperidine rings is 1. The van der Waals surface area contributed by atoms with Crippen molar-refractivity contribution in [2.45, 2.75) is 18.6 Å². The van der Waals surface area contributed by atoms with Crippen LogP contribution in [0.4, 0.5) is 20.6 Å². The maximum Gasteiger partial charge on any atom is 0.407 e. The molecule has 1 aromatic rings. The van der Waals surface area contributed by atoms with Gasteiger partial charge in [-0.05, 0) is 18.6 Å². The summed E-state index contributed by atoms with van der Waals surface area (Å²) in [7, 11) is 1.36. The van der Waals surface area contributed by atoms with Crippen molar-refractivity contribution in [1.29, 1.82) is 5.26 Å². The number of hydrogen-bond acceptors (Lipinski definition) is 4. The van der Waals surface area contributed by atoms with E-state index in [1.165, 1.54) is 13.1 Å². The van der Waals surface area contributed by atoms with E-state index < -0.39 is 18.3 Å². The van der Waals surface area contributed by atoms with Gasteiger partial charge in [-0.1, -0.05) is 11.6 Å². The van der Waals surface area contributed by atoms with E-state index in [4.69, 9.17) is 27.7 Å². The average molecular weight is 327 g/mol. The van der Waals surface area contributed by atoms with Crippen molar-refractivity contribution in [2.24, 2.45) is 0 Å². The molecule has 1 amide bonds. The van der Waals surface area contributed by atoms with Crippen LogP contribution >= 0.6 is 11.6 Å². The molecule has 2 rings (SSSR count). The summed E-state index contributed by atoms with van der Waals surface area (Å²) in [6.07, 6.45) is -2.18. The van der Waals surface area contributed by atoms with Crippen LogP contribution in [-0.2, 0) is 0 Å². The SMILES string of the molecule is CN(C(=O)O)[C@H]1CCN(c2cc(C#N)cc(N)c2Cl)C[C@@H]1F. The highest BCUT2D eigenvalue weighted by Crippen LogP contribution is 2.35. The van der Waals surface area contributed by atoms with Gasteiger partial charge >= 0.3 is 6.09 Å². The summed E-state index contributed by atoms with van der Waals surface area (Å²) < 4.78 is 14.3. The van der Waals surface area contributed by atoms with Crippen LogP contribution in [0.25, 0.3) is 0 Å². The molecule has 6 nitrogen and oxygen atoms in total. The maximum absolute atomic E-state index is 14.3. The van der Waals surface area contributed by atoms with Crippen LogP contribution in [0.1, 0.15) is 12.0 Å². The van der Waals surface area contributed by atoms with Crippen molar-refractivity contribution in [3.05, 3.63) is 22.7 Å². The molecule has 22 heavy (non-hydrogen) atoms. The normalized spacial score (nSPS) is 21.3. The van der Waals surface area contributed by atoms with Crippen LogP contribution in [0.5, 0.6) is 0 Å². The molecule has 0 aliphatic carbocycles. The second-order valence-electron chi connectivity index (χ2n) is 5.22. The van der Waals surface area contributed by atoms with E-state index in [0.717, 1.165) is 4.90 Å². The van der Waals surface area contributed by atoms with E-state index in [2.05, 4.69) is 0 Å². The van der Waals surface area contributed by atoms with Gasteiger partial charge in [-0.25, -0.2) is 9.18 Å². The standard InChI is InChI=1S/C14H16ClFN4O2/c1-19(14(21)22)11-2-3-20(7-9(11)16)12-5-8(6-17)4-10(18)13(12)15/h4-5,9,11H,2-3,7,18H2,1H3,(H,21,22)/t9-,11-/m0/s1. The highest BCUT2D eigenvalue weighted by atomic mass is 35.5. The second kappa shape index (κ2) is 6.28. The van der Waals surface area contributed by atoms with Gasteiger partial charge in [0.25, 0.3) is 0 Å². The maximum atomic E-state index is 14.3. The molecule has 1 aliphatic rings. The third-order valence-corrected chi connectivity index (χ3v) is 4.27. The smallest absolute Gasteiger partial charge is 0.407 e. The van der Waals surface area contributed by atoms with E-state index in [1.807, 2.05) is 6.07 Å². The Morgan fingerprint density at radius 1 is 1.64 bits per heavy atom. The lowest BCUT2D eigenvalue weighted by Crippen LogP contribution is -2.52. The summed E-state index contributed by atoms with van der Waals surface area (Å²) in [6, 6.07) is 4.32. The number of carboxylic acid groups (broad SMARTS) is 1. The fourth-order valence-electron chi connectivity index (χ4n) is 2.62. The fraction of sp³-hybridized carbons (Fsp3) is 0.429. The molecule has 0 spiro atoms. The van der Waals surface area contributed by atoms with Crippen molar-refractivity contribution in [1.82, 2.24) is 4.90 Å². The summed E-state index contributed by atoms with van der Waals surface area (Å²) in [5, 5.41) is 18.2. The first-order valence-corrected chi connectivity index (χ1v) is 7.06. The number of amides is 1. The van der Waals surface area contributed by atoms with Crippen LogP contribution in [0, 0.1) is 11.3 Å². The zero-order valence-corrected chi connectivity index (χ0v) is 12.7. The molecular weight excluding hydrogens is 311 g/mol. The largest absolute Gasteiger partial charge is 0.465 e. The Morgan fingerprint density at radius 2 is 2.32 bits per heavy atom. The lowest BCUT2D eigenvalue weighted by Gasteiger charge is -2.39. The van der Waals surface area contributed by atoms with Gasteiger partial charge in [0, 0.05) is 13.6 Å². The highest BCUT2D eigenvalue weighted by Gasteiger charge is 2.34. The molecule has 0 radical (unpaired) electrons. The summed E-state index contributed by atoms with van der Waals surface area (Å²) >= 11 is 6.15. The van der Waals surface area contributed by atoms with Crippen LogP contribution in [0.2, 0.25) is 5.02 Å². The molecule has 118 valence electrons. The Hall–Kier alpha value is -2.20. The molecule has 2 atom stereocenters. The lowest BCUT2D eigenvalue weighted by molar-refractivity contribution is 0.0950. The number of carbonyl (C=O) groups is 1. The zero-order valence-electron chi connectivity index (χ0n) is 12.0. The monoisotopic (exact) mass is 326 g/mol. The topological polar surface area (TPSA) is 93.6 Å². The summed E-state index contributed by atoms with van der Waals surface area (Å²) in [6.45, 7) is 0.424. The fourth-order valence-corrected chi connectivity index (χ4v) is 2.84. The minimum Gasteiger partial charge on any atom is -0.465 e. The Bertz CT molecular complexity index is 634. The van der Waals surface area contributed by atoms with Gasteiger partial charge < -0.3 is 20.6 Å². The number of halogens is 2.